The Morgan fingerprint density at radius 2 is 1.67 bits per heavy atom. The number of amides is 2. The second-order valence-electron chi connectivity index (χ2n) is 2.74. The summed E-state index contributed by atoms with van der Waals surface area (Å²) in [4.78, 5) is 21.1. The minimum absolute atomic E-state index is 0.00667. The van der Waals surface area contributed by atoms with Crippen LogP contribution in [0.4, 0.5) is 0 Å². The Bertz CT molecular complexity index is 167. The Labute approximate surface area is 74.1 Å². The molecule has 0 radical (unpaired) electrons. The zero-order valence-corrected chi connectivity index (χ0v) is 7.52. The van der Waals surface area contributed by atoms with E-state index in [1.807, 2.05) is 0 Å². The molecule has 4 nitrogen and oxygen atoms in total. The summed E-state index contributed by atoms with van der Waals surface area (Å²) in [6, 6.07) is 0. The van der Waals surface area contributed by atoms with E-state index in [4.69, 9.17) is 1.37 Å². The molecule has 0 rings (SSSR count). The van der Waals surface area contributed by atoms with Crippen molar-refractivity contribution < 1.29 is 11.0 Å². The van der Waals surface area contributed by atoms with Crippen LogP contribution in [0.3, 0.4) is 0 Å². The Morgan fingerprint density at radius 1 is 1.25 bits per heavy atom. The van der Waals surface area contributed by atoms with Gasteiger partial charge >= 0.3 is 0 Å². The van der Waals surface area contributed by atoms with Gasteiger partial charge in [0.05, 0.1) is 0 Å². The first-order chi connectivity index (χ1) is 6.06. The van der Waals surface area contributed by atoms with Crippen LogP contribution < -0.4 is 10.6 Å². The van der Waals surface area contributed by atoms with E-state index in [-0.39, 0.29) is 24.6 Å². The van der Waals surface area contributed by atoms with E-state index < -0.39 is 0 Å². The fourth-order valence-electron chi connectivity index (χ4n) is 0.648. The summed E-state index contributed by atoms with van der Waals surface area (Å²) >= 11 is 0. The van der Waals surface area contributed by atoms with Crippen LogP contribution >= 0.6 is 0 Å². The molecule has 0 aliphatic carbocycles. The van der Waals surface area contributed by atoms with Gasteiger partial charge in [-0.25, -0.2) is 0 Å². The highest BCUT2D eigenvalue weighted by atomic mass is 16.2. The number of nitrogens with one attached hydrogen (secondary N) is 2. The normalized spacial score (nSPS) is 10.8. The molecule has 0 aromatic carbocycles. The Hall–Kier alpha value is -1.06. The van der Waals surface area contributed by atoms with Crippen LogP contribution in [0.2, 0.25) is 0 Å². The monoisotopic (exact) mass is 173 g/mol. The molecule has 0 unspecified atom stereocenters. The molecule has 70 valence electrons. The third-order valence-corrected chi connectivity index (χ3v) is 1.28. The van der Waals surface area contributed by atoms with E-state index in [0.717, 1.165) is 0 Å². The van der Waals surface area contributed by atoms with E-state index in [1.165, 1.54) is 13.8 Å². The molecule has 0 aromatic rings. The summed E-state index contributed by atoms with van der Waals surface area (Å²) in [5, 5.41) is 5.22. The largest absolute Gasteiger partial charge is 0.356 e. The molecule has 0 atom stereocenters. The Balaban J connectivity index is 3.63. The summed E-state index contributed by atoms with van der Waals surface area (Å²) < 4.78 is 7.15. The summed E-state index contributed by atoms with van der Waals surface area (Å²) in [5.41, 5.74) is 0. The number of hydrogen-bond donors (Lipinski definition) is 2. The minimum atomic E-state index is -0.110. The minimum Gasteiger partial charge on any atom is -0.356 e. The van der Waals surface area contributed by atoms with Crippen LogP contribution in [-0.4, -0.2) is 24.9 Å². The highest BCUT2D eigenvalue weighted by Crippen LogP contribution is 1.88. The van der Waals surface area contributed by atoms with Crippen molar-refractivity contribution >= 4 is 11.8 Å². The van der Waals surface area contributed by atoms with Gasteiger partial charge in [-0.2, -0.15) is 0 Å². The Kier molecular flexibility index (Phi) is 4.19. The van der Waals surface area contributed by atoms with E-state index >= 15 is 0 Å². The van der Waals surface area contributed by atoms with Crippen molar-refractivity contribution in [1.29, 1.82) is 0 Å². The fraction of sp³-hybridized carbons (Fsp3) is 0.750. The van der Waals surface area contributed by atoms with Crippen molar-refractivity contribution in [2.75, 3.05) is 13.1 Å². The predicted molar refractivity (Wildman–Crippen MR) is 46.5 cm³/mol. The van der Waals surface area contributed by atoms with Crippen LogP contribution in [0.5, 0.6) is 0 Å². The van der Waals surface area contributed by atoms with Gasteiger partial charge in [-0.1, -0.05) is 6.90 Å². The van der Waals surface area contributed by atoms with Gasteiger partial charge in [0, 0.05) is 28.3 Å². The molecular weight excluding hydrogens is 156 g/mol. The molecule has 0 fully saturated rings. The standard InChI is InChI=1S/C8H16N2O2/c1-6(4-9-7(2)11)5-10-8(3)12/h6H,4-5H2,1-3H3,(H,9,11)(H,10,12)/i1D. The number of carbonyl (C=O) groups excluding carboxylic acids is 2. The van der Waals surface area contributed by atoms with E-state index in [9.17, 15) is 9.59 Å². The molecule has 0 aromatic heterocycles. The lowest BCUT2D eigenvalue weighted by molar-refractivity contribution is -0.119. The first-order valence-electron chi connectivity index (χ1n) is 4.55. The number of carbonyl (C=O) groups is 2. The smallest absolute Gasteiger partial charge is 0.216 e. The second kappa shape index (κ2) is 5.57. The average molecular weight is 173 g/mol. The zero-order valence-electron chi connectivity index (χ0n) is 8.52. The maximum absolute atomic E-state index is 10.5. The van der Waals surface area contributed by atoms with Crippen molar-refractivity contribution in [3.8, 4) is 0 Å². The lowest BCUT2D eigenvalue weighted by atomic mass is 10.2. The number of rotatable bonds is 4. The van der Waals surface area contributed by atoms with E-state index in [1.54, 1.807) is 0 Å². The lowest BCUT2D eigenvalue weighted by Crippen LogP contribution is -2.33. The molecule has 0 heterocycles. The SMILES string of the molecule is [2H]CC(CNC(C)=O)CNC(C)=O. The molecule has 4 heteroatoms. The molecular formula is C8H16N2O2. The van der Waals surface area contributed by atoms with Gasteiger partial charge in [-0.15, -0.1) is 0 Å². The maximum Gasteiger partial charge on any atom is 0.216 e. The fourth-order valence-corrected chi connectivity index (χ4v) is 0.648. The maximum atomic E-state index is 10.5. The lowest BCUT2D eigenvalue weighted by Gasteiger charge is -2.11. The molecule has 0 spiro atoms. The van der Waals surface area contributed by atoms with Gasteiger partial charge in [0.15, 0.2) is 0 Å². The van der Waals surface area contributed by atoms with Gasteiger partial charge in [0.1, 0.15) is 0 Å². The molecule has 0 saturated carbocycles. The summed E-state index contributed by atoms with van der Waals surface area (Å²) in [6.45, 7) is 3.94. The van der Waals surface area contributed by atoms with E-state index in [0.29, 0.717) is 13.1 Å². The molecule has 0 aliphatic rings. The third-order valence-electron chi connectivity index (χ3n) is 1.28. The van der Waals surface area contributed by atoms with Crippen LogP contribution in [0.15, 0.2) is 0 Å². The highest BCUT2D eigenvalue weighted by Gasteiger charge is 2.02. The van der Waals surface area contributed by atoms with Crippen LogP contribution in [0, 0.1) is 5.92 Å². The predicted octanol–water partition coefficient (Wildman–Crippen LogP) is -0.105. The highest BCUT2D eigenvalue weighted by molar-refractivity contribution is 5.73. The van der Waals surface area contributed by atoms with Crippen LogP contribution in [0.25, 0.3) is 0 Å². The average Bonchev–Trinajstić information content (AvgIpc) is 2.04. The van der Waals surface area contributed by atoms with Crippen molar-refractivity contribution in [2.24, 2.45) is 5.92 Å². The van der Waals surface area contributed by atoms with Gasteiger partial charge < -0.3 is 10.6 Å². The van der Waals surface area contributed by atoms with Crippen LogP contribution in [0.1, 0.15) is 22.1 Å². The summed E-state index contributed by atoms with van der Waals surface area (Å²) in [7, 11) is 0. The van der Waals surface area contributed by atoms with Crippen molar-refractivity contribution in [3.05, 3.63) is 0 Å². The van der Waals surface area contributed by atoms with Crippen molar-refractivity contribution in [1.82, 2.24) is 10.6 Å². The third kappa shape index (κ3) is 7.05. The zero-order chi connectivity index (χ0) is 10.3. The quantitative estimate of drug-likeness (QED) is 0.623. The molecule has 12 heavy (non-hydrogen) atoms. The van der Waals surface area contributed by atoms with Gasteiger partial charge in [-0.3, -0.25) is 9.59 Å². The first kappa shape index (κ1) is 9.03. The van der Waals surface area contributed by atoms with Gasteiger partial charge in [0.2, 0.25) is 11.8 Å². The molecule has 2 N–H and O–H groups in total. The molecule has 2 amide bonds. The summed E-state index contributed by atoms with van der Waals surface area (Å²) in [6.07, 6.45) is 0. The topological polar surface area (TPSA) is 58.2 Å². The molecule has 0 bridgehead atoms. The van der Waals surface area contributed by atoms with Gasteiger partial charge in [0.25, 0.3) is 0 Å². The second-order valence-corrected chi connectivity index (χ2v) is 2.74. The van der Waals surface area contributed by atoms with Crippen molar-refractivity contribution in [3.63, 3.8) is 0 Å². The number of hydrogen-bond acceptors (Lipinski definition) is 2. The van der Waals surface area contributed by atoms with Gasteiger partial charge in [-0.05, 0) is 5.92 Å². The Morgan fingerprint density at radius 3 is 1.92 bits per heavy atom. The summed E-state index contributed by atoms with van der Waals surface area (Å²) in [5.74, 6) is -0.227. The van der Waals surface area contributed by atoms with E-state index in [2.05, 4.69) is 10.6 Å². The van der Waals surface area contributed by atoms with Crippen molar-refractivity contribution in [2.45, 2.75) is 20.7 Å². The first-order valence-corrected chi connectivity index (χ1v) is 3.84. The molecule has 0 aliphatic heterocycles. The molecule has 0 saturated heterocycles. The van der Waals surface area contributed by atoms with Crippen LogP contribution in [-0.2, 0) is 9.59 Å².